The van der Waals surface area contributed by atoms with Gasteiger partial charge in [0.05, 0.1) is 22.4 Å². The lowest BCUT2D eigenvalue weighted by molar-refractivity contribution is 0.102. The zero-order chi connectivity index (χ0) is 21.0. The largest absolute Gasteiger partial charge is 0.465 e. The van der Waals surface area contributed by atoms with Crippen molar-refractivity contribution in [3.8, 4) is 0 Å². The number of nitrogens with one attached hydrogen (secondary N) is 2. The fourth-order valence-electron chi connectivity index (χ4n) is 2.24. The molecule has 0 spiro atoms. The van der Waals surface area contributed by atoms with E-state index in [0.29, 0.717) is 28.0 Å². The number of benzene rings is 1. The van der Waals surface area contributed by atoms with Crippen LogP contribution in [0.2, 0.25) is 0 Å². The van der Waals surface area contributed by atoms with Gasteiger partial charge in [0.25, 0.3) is 5.91 Å². The molecule has 0 saturated heterocycles. The van der Waals surface area contributed by atoms with Gasteiger partial charge in [0.15, 0.2) is 5.13 Å². The highest BCUT2D eigenvalue weighted by molar-refractivity contribution is 8.00. The molecule has 0 atom stereocenters. The lowest BCUT2D eigenvalue weighted by Gasteiger charge is -2.12. The summed E-state index contributed by atoms with van der Waals surface area (Å²) in [4.78, 5) is 31.5. The molecular formula is C19H20N4O4S2. The molecule has 2 amide bonds. The first-order valence-corrected chi connectivity index (χ1v) is 10.5. The lowest BCUT2D eigenvalue weighted by atomic mass is 9.94. The van der Waals surface area contributed by atoms with Crippen LogP contribution in [0.3, 0.4) is 0 Å². The number of hydrogen-bond donors (Lipinski definition) is 3. The molecular weight excluding hydrogens is 412 g/mol. The minimum absolute atomic E-state index is 0.0836. The van der Waals surface area contributed by atoms with E-state index in [1.807, 2.05) is 0 Å². The Bertz CT molecular complexity index is 1010. The van der Waals surface area contributed by atoms with Crippen LogP contribution in [-0.4, -0.2) is 27.1 Å². The summed E-state index contributed by atoms with van der Waals surface area (Å²) in [6.07, 6.45) is 2.29. The van der Waals surface area contributed by atoms with Gasteiger partial charge in [-0.1, -0.05) is 32.1 Å². The van der Waals surface area contributed by atoms with Crippen molar-refractivity contribution < 1.29 is 19.1 Å². The number of anilines is 2. The van der Waals surface area contributed by atoms with Crippen molar-refractivity contribution in [1.82, 2.24) is 9.97 Å². The minimum atomic E-state index is -1.16. The number of carboxylic acid groups (broad SMARTS) is 1. The topological polar surface area (TPSA) is 117 Å². The Morgan fingerprint density at radius 2 is 1.86 bits per heavy atom. The molecule has 3 aromatic rings. The van der Waals surface area contributed by atoms with E-state index < -0.39 is 6.09 Å². The Kier molecular flexibility index (Phi) is 6.23. The van der Waals surface area contributed by atoms with Gasteiger partial charge in [-0.15, -0.1) is 11.8 Å². The van der Waals surface area contributed by atoms with Crippen LogP contribution in [-0.2, 0) is 11.2 Å². The maximum absolute atomic E-state index is 12.3. The van der Waals surface area contributed by atoms with Gasteiger partial charge >= 0.3 is 6.09 Å². The number of hydrogen-bond acceptors (Lipinski definition) is 7. The van der Waals surface area contributed by atoms with Gasteiger partial charge in [0, 0.05) is 16.7 Å². The van der Waals surface area contributed by atoms with E-state index in [1.165, 1.54) is 35.2 Å². The molecule has 0 aliphatic carbocycles. The van der Waals surface area contributed by atoms with E-state index in [-0.39, 0.29) is 11.3 Å². The van der Waals surface area contributed by atoms with E-state index in [0.717, 1.165) is 9.97 Å². The highest BCUT2D eigenvalue weighted by atomic mass is 32.2. The van der Waals surface area contributed by atoms with E-state index >= 15 is 0 Å². The van der Waals surface area contributed by atoms with Gasteiger partial charge < -0.3 is 9.52 Å². The van der Waals surface area contributed by atoms with E-state index in [4.69, 9.17) is 9.52 Å². The predicted molar refractivity (Wildman–Crippen MR) is 113 cm³/mol. The molecule has 10 heteroatoms. The zero-order valence-corrected chi connectivity index (χ0v) is 17.7. The lowest BCUT2D eigenvalue weighted by Crippen LogP contribution is -2.12. The molecule has 3 N–H and O–H groups in total. The van der Waals surface area contributed by atoms with Crippen LogP contribution in [0.25, 0.3) is 0 Å². The second kappa shape index (κ2) is 8.66. The molecule has 0 saturated carbocycles. The second-order valence-electron chi connectivity index (χ2n) is 7.10. The van der Waals surface area contributed by atoms with Gasteiger partial charge in [0.1, 0.15) is 5.76 Å². The molecule has 1 aromatic carbocycles. The first-order valence-electron chi connectivity index (χ1n) is 8.66. The van der Waals surface area contributed by atoms with Gasteiger partial charge in [-0.2, -0.15) is 0 Å². The number of carbonyl (C=O) groups is 2. The smallest absolute Gasteiger partial charge is 0.409 e. The molecule has 0 fully saturated rings. The minimum Gasteiger partial charge on any atom is -0.465 e. The van der Waals surface area contributed by atoms with Gasteiger partial charge in [-0.05, 0) is 24.3 Å². The summed E-state index contributed by atoms with van der Waals surface area (Å²) in [7, 11) is 0. The number of oxazole rings is 1. The average Bonchev–Trinajstić information content (AvgIpc) is 3.29. The van der Waals surface area contributed by atoms with Crippen molar-refractivity contribution >= 4 is 45.9 Å². The van der Waals surface area contributed by atoms with Crippen LogP contribution < -0.4 is 10.6 Å². The maximum atomic E-state index is 12.3. The first kappa shape index (κ1) is 20.9. The maximum Gasteiger partial charge on any atom is 0.409 e. The van der Waals surface area contributed by atoms with Crippen molar-refractivity contribution in [2.75, 3.05) is 10.6 Å². The summed E-state index contributed by atoms with van der Waals surface area (Å²) in [5.74, 6) is 1.74. The molecule has 0 aliphatic rings. The Labute approximate surface area is 175 Å². The van der Waals surface area contributed by atoms with Crippen LogP contribution >= 0.6 is 23.1 Å². The van der Waals surface area contributed by atoms with Gasteiger partial charge in [-0.25, -0.2) is 14.8 Å². The monoisotopic (exact) mass is 432 g/mol. The average molecular weight is 433 g/mol. The SMILES string of the molecule is CC(C)(C)c1cnc(CSc2cnc(NC(=O)c3ccc(NC(=O)O)cc3)s2)o1. The third-order valence-electron chi connectivity index (χ3n) is 3.73. The Morgan fingerprint density at radius 1 is 1.14 bits per heavy atom. The molecule has 2 heterocycles. The van der Waals surface area contributed by atoms with Crippen molar-refractivity contribution in [3.05, 3.63) is 53.9 Å². The van der Waals surface area contributed by atoms with Crippen molar-refractivity contribution in [2.24, 2.45) is 0 Å². The molecule has 29 heavy (non-hydrogen) atoms. The molecule has 3 rings (SSSR count). The van der Waals surface area contributed by atoms with Gasteiger partial charge in [0.2, 0.25) is 5.89 Å². The Hall–Kier alpha value is -2.85. The quantitative estimate of drug-likeness (QED) is 0.466. The Morgan fingerprint density at radius 3 is 2.48 bits per heavy atom. The molecule has 152 valence electrons. The molecule has 0 bridgehead atoms. The number of carbonyl (C=O) groups excluding carboxylic acids is 1. The molecule has 0 radical (unpaired) electrons. The third-order valence-corrected chi connectivity index (χ3v) is 5.83. The number of aromatic nitrogens is 2. The van der Waals surface area contributed by atoms with Crippen LogP contribution in [0.15, 0.2) is 45.3 Å². The summed E-state index contributed by atoms with van der Waals surface area (Å²) in [5.41, 5.74) is 0.711. The van der Waals surface area contributed by atoms with Crippen molar-refractivity contribution in [3.63, 3.8) is 0 Å². The van der Waals surface area contributed by atoms with Crippen LogP contribution in [0, 0.1) is 0 Å². The fraction of sp³-hybridized carbons (Fsp3) is 0.263. The molecule has 0 aliphatic heterocycles. The van der Waals surface area contributed by atoms with E-state index in [9.17, 15) is 9.59 Å². The van der Waals surface area contributed by atoms with E-state index in [1.54, 1.807) is 24.5 Å². The number of rotatable bonds is 6. The highest BCUT2D eigenvalue weighted by Crippen LogP contribution is 2.32. The summed E-state index contributed by atoms with van der Waals surface area (Å²) in [6, 6.07) is 6.13. The predicted octanol–water partition coefficient (Wildman–Crippen LogP) is 5.06. The summed E-state index contributed by atoms with van der Waals surface area (Å²) >= 11 is 2.89. The molecule has 8 nitrogen and oxygen atoms in total. The summed E-state index contributed by atoms with van der Waals surface area (Å²) in [6.45, 7) is 6.20. The highest BCUT2D eigenvalue weighted by Gasteiger charge is 2.19. The number of thiazole rings is 1. The van der Waals surface area contributed by atoms with Gasteiger partial charge in [-0.3, -0.25) is 15.4 Å². The normalized spacial score (nSPS) is 11.3. The van der Waals surface area contributed by atoms with E-state index in [2.05, 4.69) is 41.4 Å². The van der Waals surface area contributed by atoms with Crippen LogP contribution in [0.4, 0.5) is 15.6 Å². The van der Waals surface area contributed by atoms with Crippen molar-refractivity contribution in [1.29, 1.82) is 0 Å². The fourth-order valence-corrected chi connectivity index (χ4v) is 3.96. The molecule has 0 unspecified atom stereocenters. The molecule has 2 aromatic heterocycles. The second-order valence-corrected chi connectivity index (χ2v) is 9.41. The summed E-state index contributed by atoms with van der Waals surface area (Å²) in [5, 5.41) is 14.1. The Balaban J connectivity index is 1.55. The third kappa shape index (κ3) is 5.81. The number of amides is 2. The standard InChI is InChI=1S/C19H20N4O4S2/c1-19(2,3)13-8-20-14(27-13)10-28-15-9-21-17(29-15)23-16(24)11-4-6-12(7-5-11)22-18(25)26/h4-9,22H,10H2,1-3H3,(H,25,26)(H,21,23,24). The zero-order valence-electron chi connectivity index (χ0n) is 16.1. The van der Waals surface area contributed by atoms with Crippen LogP contribution in [0.5, 0.6) is 0 Å². The van der Waals surface area contributed by atoms with Crippen LogP contribution in [0.1, 0.15) is 42.8 Å². The van der Waals surface area contributed by atoms with Crippen molar-refractivity contribution in [2.45, 2.75) is 36.1 Å². The first-order chi connectivity index (χ1) is 13.7. The summed E-state index contributed by atoms with van der Waals surface area (Å²) < 4.78 is 6.70. The number of thioether (sulfide) groups is 1. The number of nitrogens with zero attached hydrogens (tertiary/aromatic N) is 2.